The van der Waals surface area contributed by atoms with Crippen molar-refractivity contribution in [1.29, 1.82) is 0 Å². The maximum atomic E-state index is 10.6. The van der Waals surface area contributed by atoms with Crippen LogP contribution in [0.3, 0.4) is 0 Å². The highest BCUT2D eigenvalue weighted by molar-refractivity contribution is 5.73. The minimum atomic E-state index is -0.902. The number of carbonyl (C=O) groups is 1. The van der Waals surface area contributed by atoms with Crippen LogP contribution < -0.4 is 5.73 Å². The van der Waals surface area contributed by atoms with Crippen LogP contribution in [0.15, 0.2) is 0 Å². The maximum absolute atomic E-state index is 10.6. The molecule has 5 heteroatoms. The van der Waals surface area contributed by atoms with Gasteiger partial charge in [0, 0.05) is 39.3 Å². The summed E-state index contributed by atoms with van der Waals surface area (Å²) < 4.78 is 0. The van der Waals surface area contributed by atoms with E-state index in [1.54, 1.807) is 0 Å². The second-order valence-electron chi connectivity index (χ2n) is 4.99. The Morgan fingerprint density at radius 3 is 2.31 bits per heavy atom. The summed E-state index contributed by atoms with van der Waals surface area (Å²) in [4.78, 5) is 15.3. The van der Waals surface area contributed by atoms with Gasteiger partial charge in [0.2, 0.25) is 0 Å². The summed E-state index contributed by atoms with van der Waals surface area (Å²) in [6, 6.07) is -0.741. The highest BCUT2D eigenvalue weighted by Gasteiger charge is 2.27. The first-order valence-corrected chi connectivity index (χ1v) is 6.08. The molecule has 0 aromatic heterocycles. The fraction of sp³-hybridized carbons (Fsp3) is 0.909. The topological polar surface area (TPSA) is 69.8 Å². The maximum Gasteiger partial charge on any atom is 0.321 e. The fourth-order valence-electron chi connectivity index (χ4n) is 2.18. The second kappa shape index (κ2) is 5.12. The third-order valence-electron chi connectivity index (χ3n) is 3.45. The van der Waals surface area contributed by atoms with E-state index in [4.69, 9.17) is 10.8 Å². The summed E-state index contributed by atoms with van der Waals surface area (Å²) >= 11 is 0. The highest BCUT2D eigenvalue weighted by Crippen LogP contribution is 2.29. The fourth-order valence-corrected chi connectivity index (χ4v) is 2.18. The minimum absolute atomic E-state index is 0.479. The summed E-state index contributed by atoms with van der Waals surface area (Å²) in [5, 5.41) is 8.73. The molecule has 1 saturated carbocycles. The number of nitrogens with zero attached hydrogens (tertiary/aromatic N) is 2. The number of hydrogen-bond acceptors (Lipinski definition) is 4. The SMILES string of the molecule is NC(CN1CCN(CC2CC2)CC1)C(=O)O. The van der Waals surface area contributed by atoms with Gasteiger partial charge in [0.25, 0.3) is 0 Å². The summed E-state index contributed by atoms with van der Waals surface area (Å²) in [6.07, 6.45) is 2.79. The van der Waals surface area contributed by atoms with E-state index in [1.807, 2.05) is 0 Å². The summed E-state index contributed by atoms with van der Waals surface area (Å²) in [5.74, 6) is 0.0354. The highest BCUT2D eigenvalue weighted by atomic mass is 16.4. The third-order valence-corrected chi connectivity index (χ3v) is 3.45. The average Bonchev–Trinajstić information content (AvgIpc) is 3.04. The zero-order valence-electron chi connectivity index (χ0n) is 9.64. The Balaban J connectivity index is 1.65. The summed E-state index contributed by atoms with van der Waals surface area (Å²) in [5.41, 5.74) is 5.52. The molecule has 0 aromatic carbocycles. The monoisotopic (exact) mass is 227 g/mol. The van der Waals surface area contributed by atoms with Crippen LogP contribution in [0.2, 0.25) is 0 Å². The lowest BCUT2D eigenvalue weighted by Crippen LogP contribution is -2.51. The number of piperazine rings is 1. The normalized spacial score (nSPS) is 25.6. The van der Waals surface area contributed by atoms with Crippen LogP contribution in [0.4, 0.5) is 0 Å². The van der Waals surface area contributed by atoms with Crippen LogP contribution in [0, 0.1) is 5.92 Å². The van der Waals surface area contributed by atoms with Crippen molar-refractivity contribution in [3.05, 3.63) is 0 Å². The van der Waals surface area contributed by atoms with E-state index in [0.29, 0.717) is 6.54 Å². The lowest BCUT2D eigenvalue weighted by atomic mass is 10.2. The molecule has 1 aliphatic carbocycles. The molecule has 0 spiro atoms. The van der Waals surface area contributed by atoms with Crippen molar-refractivity contribution in [2.45, 2.75) is 18.9 Å². The molecular weight excluding hydrogens is 206 g/mol. The van der Waals surface area contributed by atoms with E-state index in [1.165, 1.54) is 19.4 Å². The molecule has 1 saturated heterocycles. The molecule has 3 N–H and O–H groups in total. The van der Waals surface area contributed by atoms with Gasteiger partial charge in [0.05, 0.1) is 0 Å². The van der Waals surface area contributed by atoms with Crippen molar-refractivity contribution in [3.8, 4) is 0 Å². The van der Waals surface area contributed by atoms with Crippen molar-refractivity contribution in [1.82, 2.24) is 9.80 Å². The van der Waals surface area contributed by atoms with Gasteiger partial charge in [-0.05, 0) is 18.8 Å². The number of carboxylic acids is 1. The predicted molar refractivity (Wildman–Crippen MR) is 61.2 cm³/mol. The molecule has 16 heavy (non-hydrogen) atoms. The molecule has 0 radical (unpaired) electrons. The second-order valence-corrected chi connectivity index (χ2v) is 4.99. The zero-order chi connectivity index (χ0) is 11.5. The van der Waals surface area contributed by atoms with Crippen molar-refractivity contribution in [2.24, 2.45) is 11.7 Å². The molecule has 2 fully saturated rings. The predicted octanol–water partition coefficient (Wildman–Crippen LogP) is -0.574. The Morgan fingerprint density at radius 1 is 1.25 bits per heavy atom. The molecule has 1 atom stereocenters. The number of aliphatic carboxylic acids is 1. The molecule has 0 aromatic rings. The first-order valence-electron chi connectivity index (χ1n) is 6.08. The van der Waals surface area contributed by atoms with E-state index in [-0.39, 0.29) is 0 Å². The van der Waals surface area contributed by atoms with Gasteiger partial charge >= 0.3 is 5.97 Å². The van der Waals surface area contributed by atoms with Crippen LogP contribution in [0.25, 0.3) is 0 Å². The van der Waals surface area contributed by atoms with Gasteiger partial charge in [-0.2, -0.15) is 0 Å². The van der Waals surface area contributed by atoms with Gasteiger partial charge in [0.15, 0.2) is 0 Å². The molecule has 5 nitrogen and oxygen atoms in total. The molecule has 2 aliphatic rings. The summed E-state index contributed by atoms with van der Waals surface area (Å²) in [6.45, 7) is 5.73. The lowest BCUT2D eigenvalue weighted by molar-refractivity contribution is -0.139. The minimum Gasteiger partial charge on any atom is -0.480 e. The largest absolute Gasteiger partial charge is 0.480 e. The summed E-state index contributed by atoms with van der Waals surface area (Å²) in [7, 11) is 0. The van der Waals surface area contributed by atoms with Crippen LogP contribution in [-0.2, 0) is 4.79 Å². The van der Waals surface area contributed by atoms with Crippen LogP contribution >= 0.6 is 0 Å². The molecular formula is C11H21N3O2. The van der Waals surface area contributed by atoms with E-state index in [2.05, 4.69) is 9.80 Å². The quantitative estimate of drug-likeness (QED) is 0.658. The Kier molecular flexibility index (Phi) is 3.78. The van der Waals surface area contributed by atoms with Gasteiger partial charge in [-0.15, -0.1) is 0 Å². The van der Waals surface area contributed by atoms with Gasteiger partial charge in [-0.3, -0.25) is 9.69 Å². The first-order chi connectivity index (χ1) is 7.65. The zero-order valence-corrected chi connectivity index (χ0v) is 9.64. The number of nitrogens with two attached hydrogens (primary N) is 1. The van der Waals surface area contributed by atoms with Gasteiger partial charge < -0.3 is 15.7 Å². The van der Waals surface area contributed by atoms with Crippen molar-refractivity contribution in [3.63, 3.8) is 0 Å². The van der Waals surface area contributed by atoms with E-state index in [0.717, 1.165) is 32.1 Å². The van der Waals surface area contributed by atoms with E-state index < -0.39 is 12.0 Å². The molecule has 1 aliphatic heterocycles. The molecule has 2 rings (SSSR count). The first kappa shape index (κ1) is 11.8. The van der Waals surface area contributed by atoms with Crippen LogP contribution in [-0.4, -0.2) is 66.2 Å². The third kappa shape index (κ3) is 3.43. The van der Waals surface area contributed by atoms with Gasteiger partial charge in [-0.1, -0.05) is 0 Å². The number of hydrogen-bond donors (Lipinski definition) is 2. The van der Waals surface area contributed by atoms with Crippen LogP contribution in [0.5, 0.6) is 0 Å². The van der Waals surface area contributed by atoms with E-state index in [9.17, 15) is 4.79 Å². The molecule has 1 heterocycles. The molecule has 0 bridgehead atoms. The molecule has 92 valence electrons. The van der Waals surface area contributed by atoms with Crippen LogP contribution in [0.1, 0.15) is 12.8 Å². The molecule has 1 unspecified atom stereocenters. The Bertz CT molecular complexity index is 248. The smallest absolute Gasteiger partial charge is 0.321 e. The average molecular weight is 227 g/mol. The Labute approximate surface area is 96.2 Å². The number of carboxylic acid groups (broad SMARTS) is 1. The van der Waals surface area contributed by atoms with Crippen molar-refractivity contribution >= 4 is 5.97 Å². The number of rotatable bonds is 5. The standard InChI is InChI=1S/C11H21N3O2/c12-10(11(15)16)8-14-5-3-13(4-6-14)7-9-1-2-9/h9-10H,1-8,12H2,(H,15,16). The molecule has 0 amide bonds. The Morgan fingerprint density at radius 2 is 1.81 bits per heavy atom. The van der Waals surface area contributed by atoms with Gasteiger partial charge in [-0.25, -0.2) is 0 Å². The van der Waals surface area contributed by atoms with Crippen molar-refractivity contribution < 1.29 is 9.90 Å². The Hall–Kier alpha value is -0.650. The van der Waals surface area contributed by atoms with E-state index >= 15 is 0 Å². The van der Waals surface area contributed by atoms with Crippen molar-refractivity contribution in [2.75, 3.05) is 39.3 Å². The van der Waals surface area contributed by atoms with Gasteiger partial charge in [0.1, 0.15) is 6.04 Å². The lowest BCUT2D eigenvalue weighted by Gasteiger charge is -2.35.